The Morgan fingerprint density at radius 1 is 1.42 bits per heavy atom. The van der Waals surface area contributed by atoms with Crippen LogP contribution in [0.25, 0.3) is 0 Å². The molecule has 0 bridgehead atoms. The standard InChI is InChI=1S/C8H16N2O2/c1-7(2)10(8(9)11)3-5-12-6-4-10/h7H,3-6H2,1-2H3,(H-,9,11)/p+1. The van der Waals surface area contributed by atoms with Crippen LogP contribution in [0.4, 0.5) is 4.79 Å². The number of nitrogens with zero attached hydrogens (tertiary/aromatic N) is 1. The highest BCUT2D eigenvalue weighted by Gasteiger charge is 2.39. The second kappa shape index (κ2) is 3.41. The lowest BCUT2D eigenvalue weighted by atomic mass is 10.2. The van der Waals surface area contributed by atoms with Crippen LogP contribution in [0.1, 0.15) is 13.8 Å². The molecule has 4 nitrogen and oxygen atoms in total. The summed E-state index contributed by atoms with van der Waals surface area (Å²) in [6.07, 6.45) is 0. The molecule has 0 aromatic rings. The van der Waals surface area contributed by atoms with Crippen molar-refractivity contribution in [1.82, 2.24) is 0 Å². The summed E-state index contributed by atoms with van der Waals surface area (Å²) >= 11 is 0. The Hall–Kier alpha value is -0.610. The van der Waals surface area contributed by atoms with E-state index >= 15 is 0 Å². The molecule has 4 heteroatoms. The van der Waals surface area contributed by atoms with Crippen molar-refractivity contribution < 1.29 is 14.0 Å². The average Bonchev–Trinajstić information content (AvgIpc) is 2.05. The molecular weight excluding hydrogens is 156 g/mol. The lowest BCUT2D eigenvalue weighted by Gasteiger charge is -2.40. The normalized spacial score (nSPS) is 22.6. The maximum atomic E-state index is 11.3. The van der Waals surface area contributed by atoms with Crippen LogP contribution in [-0.2, 0) is 4.74 Å². The second-order valence-electron chi connectivity index (χ2n) is 3.53. The Labute approximate surface area is 72.9 Å². The lowest BCUT2D eigenvalue weighted by molar-refractivity contribution is -0.879. The minimum atomic E-state index is -0.228. The first-order valence-corrected chi connectivity index (χ1v) is 4.34. The van der Waals surface area contributed by atoms with Gasteiger partial charge in [-0.25, -0.2) is 9.28 Å². The molecule has 1 aliphatic heterocycles. The molecule has 12 heavy (non-hydrogen) atoms. The number of hydrogen-bond donors (Lipinski definition) is 1. The molecule has 1 saturated heterocycles. The molecule has 0 aromatic carbocycles. The number of quaternary nitrogens is 1. The van der Waals surface area contributed by atoms with Crippen molar-refractivity contribution in [2.24, 2.45) is 5.73 Å². The summed E-state index contributed by atoms with van der Waals surface area (Å²) in [5.74, 6) is 0. The largest absolute Gasteiger partial charge is 0.414 e. The van der Waals surface area contributed by atoms with Crippen LogP contribution >= 0.6 is 0 Å². The summed E-state index contributed by atoms with van der Waals surface area (Å²) < 4.78 is 5.58. The molecule has 1 heterocycles. The molecule has 1 aliphatic rings. The summed E-state index contributed by atoms with van der Waals surface area (Å²) in [5, 5.41) is 0. The first kappa shape index (κ1) is 9.48. The maximum absolute atomic E-state index is 11.3. The highest BCUT2D eigenvalue weighted by Crippen LogP contribution is 2.16. The van der Waals surface area contributed by atoms with Crippen LogP contribution in [0.15, 0.2) is 0 Å². The Kier molecular flexibility index (Phi) is 2.69. The zero-order valence-corrected chi connectivity index (χ0v) is 7.75. The highest BCUT2D eigenvalue weighted by molar-refractivity contribution is 5.64. The number of rotatable bonds is 1. The lowest BCUT2D eigenvalue weighted by Crippen LogP contribution is -2.64. The highest BCUT2D eigenvalue weighted by atomic mass is 16.5. The van der Waals surface area contributed by atoms with E-state index < -0.39 is 0 Å². The first-order chi connectivity index (χ1) is 5.59. The van der Waals surface area contributed by atoms with E-state index in [1.54, 1.807) is 0 Å². The summed E-state index contributed by atoms with van der Waals surface area (Å²) in [5.41, 5.74) is 5.38. The van der Waals surface area contributed by atoms with E-state index in [1.165, 1.54) is 0 Å². The van der Waals surface area contributed by atoms with Crippen molar-refractivity contribution >= 4 is 6.03 Å². The van der Waals surface area contributed by atoms with Crippen molar-refractivity contribution in [1.29, 1.82) is 0 Å². The van der Waals surface area contributed by atoms with E-state index in [2.05, 4.69) is 0 Å². The fourth-order valence-corrected chi connectivity index (χ4v) is 1.66. The third kappa shape index (κ3) is 1.44. The number of nitrogens with two attached hydrogens (primary N) is 1. The molecule has 0 radical (unpaired) electrons. The summed E-state index contributed by atoms with van der Waals surface area (Å²) in [6, 6.07) is 0.0275. The Balaban J connectivity index is 2.77. The third-order valence-electron chi connectivity index (χ3n) is 2.70. The van der Waals surface area contributed by atoms with Crippen molar-refractivity contribution in [3.05, 3.63) is 0 Å². The Morgan fingerprint density at radius 3 is 2.17 bits per heavy atom. The molecule has 1 fully saturated rings. The Bertz CT molecular complexity index is 174. The van der Waals surface area contributed by atoms with Gasteiger partial charge in [0.05, 0.1) is 19.3 Å². The molecule has 2 N–H and O–H groups in total. The van der Waals surface area contributed by atoms with Gasteiger partial charge in [0.15, 0.2) is 0 Å². The maximum Gasteiger partial charge on any atom is 0.414 e. The zero-order valence-electron chi connectivity index (χ0n) is 7.75. The molecular formula is C8H17N2O2+. The van der Waals surface area contributed by atoms with E-state index in [-0.39, 0.29) is 12.1 Å². The monoisotopic (exact) mass is 173 g/mol. The zero-order chi connectivity index (χ0) is 9.19. The average molecular weight is 173 g/mol. The fraction of sp³-hybridized carbons (Fsp3) is 0.875. The molecule has 0 unspecified atom stereocenters. The van der Waals surface area contributed by atoms with E-state index in [1.807, 2.05) is 13.8 Å². The molecule has 0 saturated carbocycles. The van der Waals surface area contributed by atoms with Gasteiger partial charge in [-0.3, -0.25) is 0 Å². The van der Waals surface area contributed by atoms with Gasteiger partial charge in [-0.1, -0.05) is 0 Å². The number of primary amides is 1. The van der Waals surface area contributed by atoms with Crippen LogP contribution < -0.4 is 5.73 Å². The van der Waals surface area contributed by atoms with Gasteiger partial charge in [0, 0.05) is 0 Å². The SMILES string of the molecule is CC(C)[N+]1(C(N)=O)CCOCC1. The minimum Gasteiger partial charge on any atom is -0.370 e. The Morgan fingerprint density at radius 2 is 1.92 bits per heavy atom. The molecule has 0 aliphatic carbocycles. The number of hydrogen-bond acceptors (Lipinski definition) is 2. The molecule has 0 atom stereocenters. The quantitative estimate of drug-likeness (QED) is 0.581. The molecule has 2 amide bonds. The van der Waals surface area contributed by atoms with Crippen LogP contribution in [0.5, 0.6) is 0 Å². The van der Waals surface area contributed by atoms with Crippen molar-refractivity contribution in [3.63, 3.8) is 0 Å². The van der Waals surface area contributed by atoms with Crippen LogP contribution in [0, 0.1) is 0 Å². The summed E-state index contributed by atoms with van der Waals surface area (Å²) in [7, 11) is 0. The van der Waals surface area contributed by atoms with Crippen molar-refractivity contribution in [2.45, 2.75) is 19.9 Å². The summed E-state index contributed by atoms with van der Waals surface area (Å²) in [6.45, 7) is 6.76. The van der Waals surface area contributed by atoms with Gasteiger partial charge < -0.3 is 10.5 Å². The van der Waals surface area contributed by atoms with Crippen molar-refractivity contribution in [2.75, 3.05) is 26.3 Å². The van der Waals surface area contributed by atoms with Gasteiger partial charge in [-0.2, -0.15) is 0 Å². The van der Waals surface area contributed by atoms with E-state index in [0.29, 0.717) is 30.8 Å². The van der Waals surface area contributed by atoms with Gasteiger partial charge in [0.25, 0.3) is 0 Å². The van der Waals surface area contributed by atoms with Gasteiger partial charge >= 0.3 is 6.03 Å². The van der Waals surface area contributed by atoms with E-state index in [4.69, 9.17) is 10.5 Å². The number of urea groups is 1. The number of carbonyl (C=O) groups is 1. The van der Waals surface area contributed by atoms with Crippen LogP contribution in [0.3, 0.4) is 0 Å². The molecule has 1 rings (SSSR count). The minimum absolute atomic E-state index is 0.228. The second-order valence-corrected chi connectivity index (χ2v) is 3.53. The number of morpholine rings is 1. The number of amides is 2. The topological polar surface area (TPSA) is 52.3 Å². The fourth-order valence-electron chi connectivity index (χ4n) is 1.66. The molecule has 0 aromatic heterocycles. The van der Waals surface area contributed by atoms with Gasteiger partial charge in [-0.15, -0.1) is 0 Å². The smallest absolute Gasteiger partial charge is 0.370 e. The molecule has 0 spiro atoms. The van der Waals surface area contributed by atoms with Crippen molar-refractivity contribution in [3.8, 4) is 0 Å². The number of ether oxygens (including phenoxy) is 1. The van der Waals surface area contributed by atoms with E-state index in [0.717, 1.165) is 0 Å². The predicted molar refractivity (Wildman–Crippen MR) is 45.5 cm³/mol. The van der Waals surface area contributed by atoms with Crippen LogP contribution in [0.2, 0.25) is 0 Å². The van der Waals surface area contributed by atoms with Gasteiger partial charge in [0.1, 0.15) is 13.1 Å². The first-order valence-electron chi connectivity index (χ1n) is 4.34. The van der Waals surface area contributed by atoms with Gasteiger partial charge in [0.2, 0.25) is 0 Å². The third-order valence-corrected chi connectivity index (χ3v) is 2.70. The summed E-state index contributed by atoms with van der Waals surface area (Å²) in [4.78, 5) is 11.3. The van der Waals surface area contributed by atoms with Crippen LogP contribution in [-0.4, -0.2) is 42.9 Å². The van der Waals surface area contributed by atoms with E-state index in [9.17, 15) is 4.79 Å². The molecule has 70 valence electrons. The number of carbonyl (C=O) groups excluding carboxylic acids is 1. The van der Waals surface area contributed by atoms with Gasteiger partial charge in [-0.05, 0) is 13.8 Å². The predicted octanol–water partition coefficient (Wildman–Crippen LogP) is 0.321.